The number of benzene rings is 1. The third-order valence-electron chi connectivity index (χ3n) is 1.91. The first-order valence-corrected chi connectivity index (χ1v) is 6.45. The zero-order valence-electron chi connectivity index (χ0n) is 8.68. The van der Waals surface area contributed by atoms with Gasteiger partial charge in [0, 0.05) is 6.54 Å². The predicted octanol–water partition coefficient (Wildman–Crippen LogP) is 0.675. The lowest BCUT2D eigenvalue weighted by molar-refractivity contribution is -0.136. The molecule has 0 spiro atoms. The normalized spacial score (nSPS) is 11.4. The molecule has 0 radical (unpaired) electrons. The van der Waals surface area contributed by atoms with E-state index in [9.17, 15) is 13.2 Å². The van der Waals surface area contributed by atoms with E-state index in [1.807, 2.05) is 0 Å². The van der Waals surface area contributed by atoms with Crippen molar-refractivity contribution in [3.8, 4) is 0 Å². The molecular formula is C9H11ClN2O4S. The highest BCUT2D eigenvalue weighted by Crippen LogP contribution is 2.22. The summed E-state index contributed by atoms with van der Waals surface area (Å²) in [4.78, 5) is 10.2. The van der Waals surface area contributed by atoms with Gasteiger partial charge in [0.05, 0.1) is 22.0 Å². The third-order valence-corrected chi connectivity index (χ3v) is 3.70. The quantitative estimate of drug-likeness (QED) is 0.686. The van der Waals surface area contributed by atoms with Gasteiger partial charge in [-0.1, -0.05) is 11.6 Å². The molecule has 0 saturated carbocycles. The standard InChI is InChI=1S/C9H11ClN2O4S/c10-7-5-6(1-2-8(7)11)17(15,16)12-4-3-9(13)14/h1-2,5,12H,3-4,11H2,(H,13,14). The number of sulfonamides is 1. The number of nitrogens with two attached hydrogens (primary N) is 1. The smallest absolute Gasteiger partial charge is 0.304 e. The fourth-order valence-corrected chi connectivity index (χ4v) is 2.35. The van der Waals surface area contributed by atoms with Gasteiger partial charge in [0.25, 0.3) is 0 Å². The molecule has 0 amide bonds. The van der Waals surface area contributed by atoms with Crippen molar-refractivity contribution < 1.29 is 18.3 Å². The highest BCUT2D eigenvalue weighted by molar-refractivity contribution is 7.89. The number of nitrogen functional groups attached to an aromatic ring is 1. The minimum absolute atomic E-state index is 0.0536. The van der Waals surface area contributed by atoms with E-state index in [0.29, 0.717) is 0 Å². The van der Waals surface area contributed by atoms with Gasteiger partial charge < -0.3 is 10.8 Å². The molecule has 17 heavy (non-hydrogen) atoms. The van der Waals surface area contributed by atoms with Crippen LogP contribution in [0.15, 0.2) is 23.1 Å². The SMILES string of the molecule is Nc1ccc(S(=O)(=O)NCCC(=O)O)cc1Cl. The van der Waals surface area contributed by atoms with Crippen molar-refractivity contribution >= 4 is 33.3 Å². The molecule has 6 nitrogen and oxygen atoms in total. The zero-order valence-corrected chi connectivity index (χ0v) is 10.3. The number of aliphatic carboxylic acids is 1. The molecule has 0 saturated heterocycles. The van der Waals surface area contributed by atoms with Crippen LogP contribution in [0.25, 0.3) is 0 Å². The second kappa shape index (κ2) is 5.35. The van der Waals surface area contributed by atoms with Gasteiger partial charge in [-0.25, -0.2) is 13.1 Å². The van der Waals surface area contributed by atoms with Gasteiger partial charge in [0.1, 0.15) is 0 Å². The van der Waals surface area contributed by atoms with E-state index < -0.39 is 16.0 Å². The minimum Gasteiger partial charge on any atom is -0.481 e. The van der Waals surface area contributed by atoms with E-state index >= 15 is 0 Å². The first-order chi connectivity index (χ1) is 7.83. The molecule has 0 aliphatic heterocycles. The summed E-state index contributed by atoms with van der Waals surface area (Å²) >= 11 is 5.69. The highest BCUT2D eigenvalue weighted by atomic mass is 35.5. The van der Waals surface area contributed by atoms with Gasteiger partial charge in [-0.05, 0) is 18.2 Å². The Morgan fingerprint density at radius 2 is 2.12 bits per heavy atom. The molecule has 1 aromatic rings. The number of carboxylic acid groups (broad SMARTS) is 1. The van der Waals surface area contributed by atoms with E-state index in [4.69, 9.17) is 22.4 Å². The Kier molecular flexibility index (Phi) is 4.33. The molecule has 94 valence electrons. The van der Waals surface area contributed by atoms with Crippen molar-refractivity contribution in [3.05, 3.63) is 23.2 Å². The summed E-state index contributed by atoms with van der Waals surface area (Å²) in [6.07, 6.45) is -0.290. The molecule has 8 heteroatoms. The van der Waals surface area contributed by atoms with Crippen LogP contribution in [-0.2, 0) is 14.8 Å². The Labute approximate surface area is 103 Å². The van der Waals surface area contributed by atoms with E-state index in [1.54, 1.807) is 0 Å². The average molecular weight is 279 g/mol. The van der Waals surface area contributed by atoms with E-state index in [0.717, 1.165) is 0 Å². The van der Waals surface area contributed by atoms with Crippen molar-refractivity contribution in [1.82, 2.24) is 4.72 Å². The molecular weight excluding hydrogens is 268 g/mol. The number of anilines is 1. The molecule has 0 atom stereocenters. The molecule has 1 rings (SSSR count). The Balaban J connectivity index is 2.82. The number of hydrogen-bond acceptors (Lipinski definition) is 4. The summed E-state index contributed by atoms with van der Waals surface area (Å²) in [6, 6.07) is 3.87. The largest absolute Gasteiger partial charge is 0.481 e. The maximum Gasteiger partial charge on any atom is 0.304 e. The molecule has 0 aliphatic rings. The monoisotopic (exact) mass is 278 g/mol. The maximum absolute atomic E-state index is 11.7. The van der Waals surface area contributed by atoms with Crippen molar-refractivity contribution in [2.24, 2.45) is 0 Å². The lowest BCUT2D eigenvalue weighted by Crippen LogP contribution is -2.26. The molecule has 0 aromatic heterocycles. The topological polar surface area (TPSA) is 109 Å². The van der Waals surface area contributed by atoms with E-state index in [1.165, 1.54) is 18.2 Å². The van der Waals surface area contributed by atoms with Crippen LogP contribution < -0.4 is 10.5 Å². The van der Waals surface area contributed by atoms with Gasteiger partial charge in [0.15, 0.2) is 0 Å². The van der Waals surface area contributed by atoms with Crippen molar-refractivity contribution in [2.75, 3.05) is 12.3 Å². The van der Waals surface area contributed by atoms with Gasteiger partial charge in [-0.15, -0.1) is 0 Å². The third kappa shape index (κ3) is 3.88. The van der Waals surface area contributed by atoms with E-state index in [-0.39, 0.29) is 28.6 Å². The van der Waals surface area contributed by atoms with Crippen LogP contribution in [0.4, 0.5) is 5.69 Å². The number of carboxylic acids is 1. The molecule has 1 aromatic carbocycles. The van der Waals surface area contributed by atoms with Crippen LogP contribution in [-0.4, -0.2) is 26.0 Å². The Bertz CT molecular complexity index is 530. The first-order valence-electron chi connectivity index (χ1n) is 4.59. The number of rotatable bonds is 5. The van der Waals surface area contributed by atoms with Crippen LogP contribution in [0.1, 0.15) is 6.42 Å². The second-order valence-corrected chi connectivity index (χ2v) is 5.40. The molecule has 0 fully saturated rings. The summed E-state index contributed by atoms with van der Waals surface area (Å²) in [7, 11) is -3.75. The number of carbonyl (C=O) groups is 1. The van der Waals surface area contributed by atoms with E-state index in [2.05, 4.69) is 4.72 Å². The molecule has 4 N–H and O–H groups in total. The van der Waals surface area contributed by atoms with Crippen LogP contribution in [0.5, 0.6) is 0 Å². The van der Waals surface area contributed by atoms with Crippen molar-refractivity contribution in [3.63, 3.8) is 0 Å². The van der Waals surface area contributed by atoms with Gasteiger partial charge in [-0.2, -0.15) is 0 Å². The molecule has 0 heterocycles. The van der Waals surface area contributed by atoms with Crippen LogP contribution in [0, 0.1) is 0 Å². The summed E-state index contributed by atoms with van der Waals surface area (Å²) in [5.41, 5.74) is 5.72. The highest BCUT2D eigenvalue weighted by Gasteiger charge is 2.15. The molecule has 0 bridgehead atoms. The first kappa shape index (κ1) is 13.8. The average Bonchev–Trinajstić information content (AvgIpc) is 2.21. The molecule has 0 unspecified atom stereocenters. The fourth-order valence-electron chi connectivity index (χ4n) is 1.05. The maximum atomic E-state index is 11.7. The van der Waals surface area contributed by atoms with Crippen LogP contribution >= 0.6 is 11.6 Å². The number of halogens is 1. The summed E-state index contributed by atoms with van der Waals surface area (Å²) in [5, 5.41) is 8.52. The van der Waals surface area contributed by atoms with Crippen molar-refractivity contribution in [1.29, 1.82) is 0 Å². The summed E-state index contributed by atoms with van der Waals surface area (Å²) < 4.78 is 25.5. The molecule has 0 aliphatic carbocycles. The van der Waals surface area contributed by atoms with Crippen LogP contribution in [0.3, 0.4) is 0 Å². The number of nitrogens with one attached hydrogen (secondary N) is 1. The Hall–Kier alpha value is -1.31. The summed E-state index contributed by atoms with van der Waals surface area (Å²) in [6.45, 7) is -0.181. The summed E-state index contributed by atoms with van der Waals surface area (Å²) in [5.74, 6) is -1.08. The van der Waals surface area contributed by atoms with Gasteiger partial charge in [-0.3, -0.25) is 4.79 Å². The lowest BCUT2D eigenvalue weighted by atomic mass is 10.3. The second-order valence-electron chi connectivity index (χ2n) is 3.22. The minimum atomic E-state index is -3.75. The van der Waals surface area contributed by atoms with Crippen molar-refractivity contribution in [2.45, 2.75) is 11.3 Å². The lowest BCUT2D eigenvalue weighted by Gasteiger charge is -2.06. The Morgan fingerprint density at radius 3 is 2.65 bits per heavy atom. The van der Waals surface area contributed by atoms with Gasteiger partial charge >= 0.3 is 5.97 Å². The Morgan fingerprint density at radius 1 is 1.47 bits per heavy atom. The number of hydrogen-bond donors (Lipinski definition) is 3. The fraction of sp³-hybridized carbons (Fsp3) is 0.222. The van der Waals surface area contributed by atoms with Gasteiger partial charge in [0.2, 0.25) is 10.0 Å². The van der Waals surface area contributed by atoms with Crippen LogP contribution in [0.2, 0.25) is 5.02 Å². The zero-order chi connectivity index (χ0) is 13.1. The predicted molar refractivity (Wildman–Crippen MR) is 63.3 cm³/mol.